The molecule has 0 radical (unpaired) electrons. The standard InChI is InChI=1S/C13H15N3O2/c17-12-8-15-11-2-1-3-14-13(11)10(12)9-16-4-6-18-7-5-16/h1-3,8,17H,4-7,9H2/p+3. The van der Waals surface area contributed by atoms with Gasteiger partial charge in [0.05, 0.1) is 13.2 Å². The summed E-state index contributed by atoms with van der Waals surface area (Å²) in [4.78, 5) is 7.74. The first kappa shape index (κ1) is 11.4. The van der Waals surface area contributed by atoms with Crippen molar-refractivity contribution >= 4 is 11.0 Å². The lowest BCUT2D eigenvalue weighted by Gasteiger charge is -2.23. The monoisotopic (exact) mass is 248 g/mol. The zero-order chi connectivity index (χ0) is 12.4. The molecule has 4 N–H and O–H groups in total. The molecule has 0 unspecified atom stereocenters. The number of hydrogen-bond donors (Lipinski definition) is 2. The molecule has 1 aliphatic rings. The summed E-state index contributed by atoms with van der Waals surface area (Å²) in [6.07, 6.45) is 3.54. The highest BCUT2D eigenvalue weighted by molar-refractivity contribution is 5.72. The molecular formula is C13H18N3O2+3. The molecule has 0 aromatic carbocycles. The lowest BCUT2D eigenvalue weighted by Crippen LogP contribution is -3.12. The van der Waals surface area contributed by atoms with E-state index in [2.05, 4.69) is 9.97 Å². The van der Waals surface area contributed by atoms with Crippen LogP contribution in [0.1, 0.15) is 5.56 Å². The third-order valence-corrected chi connectivity index (χ3v) is 3.46. The quantitative estimate of drug-likeness (QED) is 0.686. The Kier molecular flexibility index (Phi) is 3.08. The molecule has 1 aliphatic heterocycles. The Morgan fingerprint density at radius 2 is 2.11 bits per heavy atom. The summed E-state index contributed by atoms with van der Waals surface area (Å²) in [5, 5.41) is 10.0. The summed E-state index contributed by atoms with van der Waals surface area (Å²) in [5.41, 5.74) is 2.97. The molecule has 0 spiro atoms. The summed E-state index contributed by atoms with van der Waals surface area (Å²) in [7, 11) is 0. The van der Waals surface area contributed by atoms with Gasteiger partial charge in [0, 0.05) is 12.1 Å². The van der Waals surface area contributed by atoms with Crippen LogP contribution in [0.2, 0.25) is 0 Å². The highest BCUT2D eigenvalue weighted by Crippen LogP contribution is 2.18. The average Bonchev–Trinajstić information content (AvgIpc) is 2.43. The molecule has 94 valence electrons. The van der Waals surface area contributed by atoms with Crippen molar-refractivity contribution in [2.75, 3.05) is 26.3 Å². The second kappa shape index (κ2) is 4.88. The Morgan fingerprint density at radius 3 is 2.94 bits per heavy atom. The predicted octanol–water partition coefficient (Wildman–Crippen LogP) is -1.41. The molecule has 0 saturated carbocycles. The van der Waals surface area contributed by atoms with Gasteiger partial charge in [-0.2, -0.15) is 0 Å². The van der Waals surface area contributed by atoms with Crippen molar-refractivity contribution in [3.8, 4) is 5.75 Å². The van der Waals surface area contributed by atoms with Crippen molar-refractivity contribution in [1.29, 1.82) is 0 Å². The molecule has 0 aliphatic carbocycles. The number of quaternary nitrogens is 1. The molecule has 2 aromatic rings. The lowest BCUT2D eigenvalue weighted by atomic mass is 10.1. The molecule has 3 heterocycles. The Hall–Kier alpha value is -1.72. The first-order valence-electron chi connectivity index (χ1n) is 6.29. The van der Waals surface area contributed by atoms with Crippen LogP contribution < -0.4 is 14.9 Å². The van der Waals surface area contributed by atoms with Crippen molar-refractivity contribution in [3.63, 3.8) is 0 Å². The highest BCUT2D eigenvalue weighted by Gasteiger charge is 2.23. The Balaban J connectivity index is 1.96. The van der Waals surface area contributed by atoms with E-state index in [0.29, 0.717) is 5.75 Å². The van der Waals surface area contributed by atoms with Gasteiger partial charge in [0.25, 0.3) is 11.0 Å². The van der Waals surface area contributed by atoms with Gasteiger partial charge >= 0.3 is 0 Å². The van der Waals surface area contributed by atoms with E-state index < -0.39 is 0 Å². The maximum atomic E-state index is 10.0. The highest BCUT2D eigenvalue weighted by atomic mass is 16.5. The molecule has 0 bridgehead atoms. The molecule has 3 rings (SSSR count). The Bertz CT molecular complexity index is 553. The second-order valence-corrected chi connectivity index (χ2v) is 4.65. The van der Waals surface area contributed by atoms with E-state index in [1.165, 1.54) is 4.90 Å². The molecule has 0 atom stereocenters. The van der Waals surface area contributed by atoms with Gasteiger partial charge in [-0.3, -0.25) is 0 Å². The number of nitrogens with one attached hydrogen (secondary N) is 3. The predicted molar refractivity (Wildman–Crippen MR) is 63.9 cm³/mol. The van der Waals surface area contributed by atoms with Gasteiger partial charge in [-0.05, 0) is 0 Å². The van der Waals surface area contributed by atoms with Gasteiger partial charge in [0.2, 0.25) is 6.20 Å². The van der Waals surface area contributed by atoms with E-state index in [1.807, 2.05) is 18.3 Å². The van der Waals surface area contributed by atoms with Crippen LogP contribution in [0.5, 0.6) is 5.75 Å². The van der Waals surface area contributed by atoms with Crippen LogP contribution in [0.25, 0.3) is 11.0 Å². The minimum atomic E-state index is 0.323. The topological polar surface area (TPSA) is 62.2 Å². The molecular weight excluding hydrogens is 230 g/mol. The van der Waals surface area contributed by atoms with Crippen LogP contribution in [-0.4, -0.2) is 31.4 Å². The number of aromatic nitrogens is 2. The number of hydrogen-bond acceptors (Lipinski definition) is 2. The van der Waals surface area contributed by atoms with Gasteiger partial charge in [-0.25, -0.2) is 9.97 Å². The third-order valence-electron chi connectivity index (χ3n) is 3.46. The van der Waals surface area contributed by atoms with Crippen LogP contribution in [0, 0.1) is 0 Å². The van der Waals surface area contributed by atoms with Gasteiger partial charge in [-0.15, -0.1) is 0 Å². The van der Waals surface area contributed by atoms with E-state index in [-0.39, 0.29) is 0 Å². The summed E-state index contributed by atoms with van der Waals surface area (Å²) in [6.45, 7) is 4.41. The van der Waals surface area contributed by atoms with Crippen LogP contribution in [0.3, 0.4) is 0 Å². The first-order valence-corrected chi connectivity index (χ1v) is 6.29. The second-order valence-electron chi connectivity index (χ2n) is 4.65. The van der Waals surface area contributed by atoms with Gasteiger partial charge in [-0.1, -0.05) is 0 Å². The van der Waals surface area contributed by atoms with Crippen LogP contribution in [0.4, 0.5) is 0 Å². The molecule has 5 heteroatoms. The molecule has 1 fully saturated rings. The van der Waals surface area contributed by atoms with Crippen molar-refractivity contribution in [2.24, 2.45) is 0 Å². The van der Waals surface area contributed by atoms with Gasteiger partial charge in [0.1, 0.15) is 25.2 Å². The number of fused-ring (bicyclic) bond motifs is 1. The Labute approximate surface area is 105 Å². The van der Waals surface area contributed by atoms with Crippen molar-refractivity contribution < 1.29 is 24.7 Å². The SMILES string of the molecule is Oc1c[nH+]c2ccc[nH+]c2c1C[NH+]1CCOCC1. The van der Waals surface area contributed by atoms with Crippen LogP contribution in [0.15, 0.2) is 24.5 Å². The smallest absolute Gasteiger partial charge is 0.288 e. The summed E-state index contributed by atoms with van der Waals surface area (Å²) in [5.74, 6) is 0.323. The lowest BCUT2D eigenvalue weighted by molar-refractivity contribution is -0.921. The third kappa shape index (κ3) is 2.14. The number of ether oxygens (including phenoxy) is 1. The van der Waals surface area contributed by atoms with E-state index in [9.17, 15) is 5.11 Å². The number of morpholine rings is 1. The van der Waals surface area contributed by atoms with Crippen molar-refractivity contribution in [1.82, 2.24) is 0 Å². The molecule has 1 saturated heterocycles. The fourth-order valence-electron chi connectivity index (χ4n) is 2.43. The normalized spacial score (nSPS) is 17.1. The average molecular weight is 248 g/mol. The minimum Gasteiger partial charge on any atom is -0.502 e. The molecule has 18 heavy (non-hydrogen) atoms. The van der Waals surface area contributed by atoms with E-state index in [4.69, 9.17) is 4.74 Å². The van der Waals surface area contributed by atoms with E-state index >= 15 is 0 Å². The number of aromatic hydroxyl groups is 1. The van der Waals surface area contributed by atoms with Gasteiger partial charge in [0.15, 0.2) is 11.9 Å². The maximum Gasteiger partial charge on any atom is 0.288 e. The number of H-pyrrole nitrogens is 2. The first-order chi connectivity index (χ1) is 8.84. The largest absolute Gasteiger partial charge is 0.502 e. The number of aromatic amines is 2. The van der Waals surface area contributed by atoms with E-state index in [1.54, 1.807) is 6.20 Å². The Morgan fingerprint density at radius 1 is 1.28 bits per heavy atom. The molecule has 5 nitrogen and oxygen atoms in total. The maximum absolute atomic E-state index is 10.0. The van der Waals surface area contributed by atoms with E-state index in [0.717, 1.165) is 49.4 Å². The summed E-state index contributed by atoms with van der Waals surface area (Å²) >= 11 is 0. The number of rotatable bonds is 2. The minimum absolute atomic E-state index is 0.323. The fourth-order valence-corrected chi connectivity index (χ4v) is 2.43. The summed E-state index contributed by atoms with van der Waals surface area (Å²) in [6, 6.07) is 3.95. The van der Waals surface area contributed by atoms with Gasteiger partial charge < -0.3 is 14.7 Å². The molecule has 0 amide bonds. The van der Waals surface area contributed by atoms with Crippen molar-refractivity contribution in [3.05, 3.63) is 30.1 Å². The van der Waals surface area contributed by atoms with Crippen molar-refractivity contribution in [2.45, 2.75) is 6.54 Å². The van der Waals surface area contributed by atoms with Crippen LogP contribution in [-0.2, 0) is 11.3 Å². The zero-order valence-electron chi connectivity index (χ0n) is 10.2. The summed E-state index contributed by atoms with van der Waals surface area (Å²) < 4.78 is 5.36. The fraction of sp³-hybridized carbons (Fsp3) is 0.385. The molecule has 2 aromatic heterocycles. The zero-order valence-corrected chi connectivity index (χ0v) is 10.2. The van der Waals surface area contributed by atoms with Crippen LogP contribution >= 0.6 is 0 Å². The number of pyridine rings is 2.